The fourth-order valence-electron chi connectivity index (χ4n) is 11.7. The highest BCUT2D eigenvalue weighted by molar-refractivity contribution is 6.02. The Morgan fingerprint density at radius 1 is 0.939 bits per heavy atom. The number of rotatable bonds is 10. The number of imide groups is 1. The summed E-state index contributed by atoms with van der Waals surface area (Å²) in [6.45, 7) is 14.2. The lowest BCUT2D eigenvalue weighted by molar-refractivity contribution is -0.134. The normalized spacial score (nSPS) is 25.6. The summed E-state index contributed by atoms with van der Waals surface area (Å²) in [5.41, 5.74) is 6.32. The Labute approximate surface area is 383 Å². The Hall–Kier alpha value is -6.10. The number of nitrogens with zero attached hydrogens (tertiary/aromatic N) is 8. The summed E-state index contributed by atoms with van der Waals surface area (Å²) < 4.78 is 9.46. The fraction of sp³-hybridized carbons (Fsp3) is 0.480. The number of amides is 2. The van der Waals surface area contributed by atoms with Crippen LogP contribution >= 0.6 is 0 Å². The summed E-state index contributed by atoms with van der Waals surface area (Å²) in [5.74, 6) is -0.594. The molecule has 3 fully saturated rings. The molecule has 8 heterocycles. The Bertz CT molecular complexity index is 2860. The summed E-state index contributed by atoms with van der Waals surface area (Å²) in [5, 5.41) is 26.6. The number of benzene rings is 2. The molecule has 5 aromatic rings. The molecule has 16 heteroatoms. The smallest absolute Gasteiger partial charge is 0.278 e. The number of piperidine rings is 3. The minimum absolute atomic E-state index is 0.202. The molecule has 2 aromatic carbocycles. The predicted molar refractivity (Wildman–Crippen MR) is 252 cm³/mol. The number of carbonyl (C=O) groups excluding carboxylic acids is 2. The van der Waals surface area contributed by atoms with Gasteiger partial charge in [-0.2, -0.15) is 4.98 Å². The Morgan fingerprint density at radius 3 is 2.47 bits per heavy atom. The lowest BCUT2D eigenvalue weighted by atomic mass is 9.90. The van der Waals surface area contributed by atoms with Crippen LogP contribution in [0.1, 0.15) is 94.4 Å². The van der Waals surface area contributed by atoms with E-state index < -0.39 is 17.2 Å². The van der Waals surface area contributed by atoms with E-state index in [1.165, 1.54) is 16.8 Å². The Morgan fingerprint density at radius 2 is 1.71 bits per heavy atom. The van der Waals surface area contributed by atoms with Crippen molar-refractivity contribution in [2.45, 2.75) is 120 Å². The lowest BCUT2D eigenvalue weighted by Crippen LogP contribution is -2.51. The number of fused-ring (bicyclic) bond motifs is 4. The van der Waals surface area contributed by atoms with E-state index in [9.17, 15) is 19.5 Å². The largest absolute Gasteiger partial charge is 0.384 e. The molecular formula is C50H59N11O5. The van der Waals surface area contributed by atoms with E-state index in [0.29, 0.717) is 60.4 Å². The summed E-state index contributed by atoms with van der Waals surface area (Å²) in [6, 6.07) is 13.7. The maximum atomic E-state index is 13.7. The molecular weight excluding hydrogens is 835 g/mol. The van der Waals surface area contributed by atoms with Gasteiger partial charge in [-0.3, -0.25) is 24.6 Å². The molecule has 5 aliphatic heterocycles. The van der Waals surface area contributed by atoms with Crippen molar-refractivity contribution in [3.8, 4) is 0 Å². The van der Waals surface area contributed by atoms with Gasteiger partial charge in [0.1, 0.15) is 22.3 Å². The summed E-state index contributed by atoms with van der Waals surface area (Å²) in [7, 11) is 0. The molecule has 11 rings (SSSR count). The maximum absolute atomic E-state index is 13.7. The third-order valence-electron chi connectivity index (χ3n) is 15.5. The second-order valence-electron chi connectivity index (χ2n) is 19.3. The standard InChI is InChI=1S/C50H59N11O5/c1-4-23-60-47(64)39-29-51-48(54-45(39)61(60)49(3)21-14-32-15-22-50(65,5-2)44(32)55-49)52-33-7-9-34(10-8-33)57-25-17-35(18-26-57)58-27-19-36(20-28-58)59-24-16-31-6-11-37-42(56-66-43(37)40(31)30-59)38-12-13-41(62)53-46(38)63/h4,6-11,14,21,29,35-36,38,55,65H,1,5,12-13,15-20,22-28,30H2,2-3H3,(H,51,52,54)(H,53,62,63)/t38?,49?,50-/m1/s1. The zero-order valence-corrected chi connectivity index (χ0v) is 37.9. The number of aliphatic hydroxyl groups is 1. The molecule has 0 bridgehead atoms. The van der Waals surface area contributed by atoms with Gasteiger partial charge in [-0.15, -0.1) is 6.58 Å². The molecule has 16 nitrogen and oxygen atoms in total. The van der Waals surface area contributed by atoms with Crippen LogP contribution in [0.4, 0.5) is 17.3 Å². The number of allylic oxidation sites excluding steroid dienone is 3. The van der Waals surface area contributed by atoms with Gasteiger partial charge in [0.25, 0.3) is 5.56 Å². The molecule has 344 valence electrons. The van der Waals surface area contributed by atoms with Crippen molar-refractivity contribution in [3.05, 3.63) is 106 Å². The molecule has 0 radical (unpaired) electrons. The van der Waals surface area contributed by atoms with Gasteiger partial charge in [0.15, 0.2) is 11.2 Å². The molecule has 3 atom stereocenters. The van der Waals surface area contributed by atoms with Crippen molar-refractivity contribution in [3.63, 3.8) is 0 Å². The first-order valence-corrected chi connectivity index (χ1v) is 23.9. The van der Waals surface area contributed by atoms with Crippen LogP contribution in [0.25, 0.3) is 22.0 Å². The van der Waals surface area contributed by atoms with Gasteiger partial charge in [-0.25, -0.2) is 14.3 Å². The van der Waals surface area contributed by atoms with Gasteiger partial charge in [0.05, 0.1) is 12.5 Å². The average molecular weight is 894 g/mol. The van der Waals surface area contributed by atoms with E-state index in [-0.39, 0.29) is 23.9 Å². The van der Waals surface area contributed by atoms with Crippen molar-refractivity contribution < 1.29 is 19.2 Å². The number of anilines is 3. The van der Waals surface area contributed by atoms with Crippen LogP contribution in [0.15, 0.2) is 88.0 Å². The van der Waals surface area contributed by atoms with Crippen LogP contribution in [-0.4, -0.2) is 102 Å². The number of dihydropyridines is 1. The quantitative estimate of drug-likeness (QED) is 0.0993. The van der Waals surface area contributed by atoms with E-state index in [1.807, 2.05) is 30.7 Å². The third-order valence-corrected chi connectivity index (χ3v) is 15.5. The van der Waals surface area contributed by atoms with Crippen molar-refractivity contribution >= 4 is 51.1 Å². The van der Waals surface area contributed by atoms with E-state index in [4.69, 9.17) is 9.51 Å². The van der Waals surface area contributed by atoms with E-state index in [0.717, 1.165) is 106 Å². The van der Waals surface area contributed by atoms with Crippen LogP contribution in [0.3, 0.4) is 0 Å². The van der Waals surface area contributed by atoms with Crippen molar-refractivity contribution in [2.75, 3.05) is 42.9 Å². The molecule has 3 saturated heterocycles. The number of aromatic nitrogens is 5. The van der Waals surface area contributed by atoms with Crippen LogP contribution in [0.2, 0.25) is 0 Å². The van der Waals surface area contributed by atoms with Gasteiger partial charge in [0.2, 0.25) is 17.8 Å². The number of likely N-dealkylation sites (tertiary alicyclic amines) is 1. The van der Waals surface area contributed by atoms with Crippen LogP contribution in [0, 0.1) is 0 Å². The zero-order valence-electron chi connectivity index (χ0n) is 37.9. The SMILES string of the molecule is C=CCn1c(=O)c2cnc(Nc3ccc(N4CCC(N5CCC(N6CCc7ccc8c(C9CCC(=O)NC9=O)noc8c7C6)CC5)CC4)cc3)nc2n1C1(C)C=CC2=C(N1)[C@@](O)(CC)CC2. The summed E-state index contributed by atoms with van der Waals surface area (Å²) in [6.07, 6.45) is 15.7. The molecule has 2 amide bonds. The second-order valence-corrected chi connectivity index (χ2v) is 19.3. The first-order valence-electron chi connectivity index (χ1n) is 23.9. The van der Waals surface area contributed by atoms with Gasteiger partial charge in [-0.1, -0.05) is 30.3 Å². The molecule has 3 aromatic heterocycles. The van der Waals surface area contributed by atoms with Gasteiger partial charge < -0.3 is 30.1 Å². The first-order chi connectivity index (χ1) is 32.0. The molecule has 2 unspecified atom stereocenters. The second kappa shape index (κ2) is 16.7. The Kier molecular flexibility index (Phi) is 10.7. The molecule has 0 saturated carbocycles. The van der Waals surface area contributed by atoms with Crippen LogP contribution in [0.5, 0.6) is 0 Å². The average Bonchev–Trinajstić information content (AvgIpc) is 4.00. The lowest BCUT2D eigenvalue weighted by Gasteiger charge is -2.45. The zero-order chi connectivity index (χ0) is 45.3. The van der Waals surface area contributed by atoms with Crippen LogP contribution in [-0.2, 0) is 34.8 Å². The molecule has 4 N–H and O–H groups in total. The number of nitrogens with one attached hydrogen (secondary N) is 3. The monoisotopic (exact) mass is 893 g/mol. The third kappa shape index (κ3) is 7.33. The van der Waals surface area contributed by atoms with Crippen molar-refractivity contribution in [1.82, 2.24) is 44.9 Å². The topological polar surface area (TPSA) is 179 Å². The first kappa shape index (κ1) is 42.5. The maximum Gasteiger partial charge on any atom is 0.278 e. The number of hydrogen-bond acceptors (Lipinski definition) is 13. The van der Waals surface area contributed by atoms with E-state index in [2.05, 4.69) is 83.8 Å². The predicted octanol–water partition coefficient (Wildman–Crippen LogP) is 5.70. The fourth-order valence-corrected chi connectivity index (χ4v) is 11.7. The van der Waals surface area contributed by atoms with Crippen molar-refractivity contribution in [1.29, 1.82) is 0 Å². The summed E-state index contributed by atoms with van der Waals surface area (Å²) in [4.78, 5) is 55.5. The highest BCUT2D eigenvalue weighted by Gasteiger charge is 2.44. The van der Waals surface area contributed by atoms with E-state index in [1.54, 1.807) is 17.0 Å². The van der Waals surface area contributed by atoms with Gasteiger partial charge in [0, 0.05) is 78.9 Å². The molecule has 66 heavy (non-hydrogen) atoms. The molecule has 6 aliphatic rings. The minimum Gasteiger partial charge on any atom is -0.384 e. The highest BCUT2D eigenvalue weighted by Crippen LogP contribution is 2.42. The molecule has 0 spiro atoms. The van der Waals surface area contributed by atoms with Crippen molar-refractivity contribution in [2.24, 2.45) is 0 Å². The van der Waals surface area contributed by atoms with Gasteiger partial charge >= 0.3 is 0 Å². The minimum atomic E-state index is -0.940. The molecule has 1 aliphatic carbocycles. The highest BCUT2D eigenvalue weighted by atomic mass is 16.5. The summed E-state index contributed by atoms with van der Waals surface area (Å²) >= 11 is 0. The number of carbonyl (C=O) groups is 2. The number of hydrogen-bond donors (Lipinski definition) is 4. The Balaban J connectivity index is 0.704. The van der Waals surface area contributed by atoms with E-state index >= 15 is 0 Å². The van der Waals surface area contributed by atoms with Gasteiger partial charge in [-0.05, 0) is 125 Å². The van der Waals surface area contributed by atoms with Crippen LogP contribution < -0.4 is 26.4 Å².